The normalized spacial score (nSPS) is 10.3. The number of H-pyrrole nitrogens is 1. The van der Waals surface area contributed by atoms with Crippen LogP contribution in [0.5, 0.6) is 0 Å². The monoisotopic (exact) mass is 215 g/mol. The first-order valence-electron chi connectivity index (χ1n) is 5.21. The fourth-order valence-electron chi connectivity index (χ4n) is 1.45. The second-order valence-corrected chi connectivity index (χ2v) is 3.64. The van der Waals surface area contributed by atoms with Crippen molar-refractivity contribution in [3.05, 3.63) is 36.4 Å². The number of carbonyl (C=O) groups is 1. The smallest absolute Gasteiger partial charge is 0.130 e. The SMILES string of the molecule is CC(=O)CCc1nccc(-c2ccc[nH]2)n1. The molecular weight excluding hydrogens is 202 g/mol. The molecule has 16 heavy (non-hydrogen) atoms. The summed E-state index contributed by atoms with van der Waals surface area (Å²) in [6.07, 6.45) is 4.67. The molecule has 0 atom stereocenters. The minimum absolute atomic E-state index is 0.161. The Morgan fingerprint density at radius 2 is 2.31 bits per heavy atom. The predicted octanol–water partition coefficient (Wildman–Crippen LogP) is 1.99. The van der Waals surface area contributed by atoms with Crippen LogP contribution >= 0.6 is 0 Å². The number of aromatic amines is 1. The molecule has 0 aliphatic rings. The minimum Gasteiger partial charge on any atom is -0.360 e. The van der Waals surface area contributed by atoms with Gasteiger partial charge in [0.25, 0.3) is 0 Å². The lowest BCUT2D eigenvalue weighted by Crippen LogP contribution is -2.00. The molecular formula is C12H13N3O. The molecule has 82 valence electrons. The van der Waals surface area contributed by atoms with Gasteiger partial charge in [0.2, 0.25) is 0 Å². The van der Waals surface area contributed by atoms with Gasteiger partial charge in [-0.1, -0.05) is 0 Å². The quantitative estimate of drug-likeness (QED) is 0.848. The third kappa shape index (κ3) is 2.53. The molecule has 4 nitrogen and oxygen atoms in total. The van der Waals surface area contributed by atoms with Crippen LogP contribution in [0.4, 0.5) is 0 Å². The highest BCUT2D eigenvalue weighted by atomic mass is 16.1. The number of carbonyl (C=O) groups excluding carboxylic acids is 1. The Kier molecular flexibility index (Phi) is 3.10. The van der Waals surface area contributed by atoms with Gasteiger partial charge in [-0.25, -0.2) is 9.97 Å². The highest BCUT2D eigenvalue weighted by molar-refractivity contribution is 5.75. The van der Waals surface area contributed by atoms with Crippen molar-refractivity contribution in [2.75, 3.05) is 0 Å². The van der Waals surface area contributed by atoms with E-state index >= 15 is 0 Å². The van der Waals surface area contributed by atoms with Crippen molar-refractivity contribution >= 4 is 5.78 Å². The van der Waals surface area contributed by atoms with Crippen molar-refractivity contribution < 1.29 is 4.79 Å². The fourth-order valence-corrected chi connectivity index (χ4v) is 1.45. The van der Waals surface area contributed by atoms with Crippen LogP contribution in [0.15, 0.2) is 30.6 Å². The van der Waals surface area contributed by atoms with Crippen molar-refractivity contribution in [3.63, 3.8) is 0 Å². The summed E-state index contributed by atoms with van der Waals surface area (Å²) in [5.41, 5.74) is 1.82. The van der Waals surface area contributed by atoms with Gasteiger partial charge in [-0.2, -0.15) is 0 Å². The maximum atomic E-state index is 10.9. The standard InChI is InChI=1S/C12H13N3O/c1-9(16)4-5-12-14-8-6-11(15-12)10-3-2-7-13-10/h2-3,6-8,13H,4-5H2,1H3. The first-order chi connectivity index (χ1) is 7.75. The molecule has 2 heterocycles. The van der Waals surface area contributed by atoms with Gasteiger partial charge >= 0.3 is 0 Å². The third-order valence-electron chi connectivity index (χ3n) is 2.28. The van der Waals surface area contributed by atoms with Gasteiger partial charge in [-0.15, -0.1) is 0 Å². The summed E-state index contributed by atoms with van der Waals surface area (Å²) in [6, 6.07) is 5.73. The molecule has 0 aromatic carbocycles. The van der Waals surface area contributed by atoms with Crippen molar-refractivity contribution in [2.45, 2.75) is 19.8 Å². The average Bonchev–Trinajstić information content (AvgIpc) is 2.80. The number of ketones is 1. The largest absolute Gasteiger partial charge is 0.360 e. The number of nitrogens with one attached hydrogen (secondary N) is 1. The van der Waals surface area contributed by atoms with Gasteiger partial charge in [0.05, 0.1) is 11.4 Å². The molecule has 0 unspecified atom stereocenters. The third-order valence-corrected chi connectivity index (χ3v) is 2.28. The Morgan fingerprint density at radius 3 is 3.00 bits per heavy atom. The molecule has 0 fully saturated rings. The molecule has 1 N–H and O–H groups in total. The van der Waals surface area contributed by atoms with Gasteiger partial charge in [-0.3, -0.25) is 0 Å². The number of aromatic nitrogens is 3. The van der Waals surface area contributed by atoms with E-state index in [1.165, 1.54) is 0 Å². The van der Waals surface area contributed by atoms with Crippen LogP contribution in [-0.2, 0) is 11.2 Å². The topological polar surface area (TPSA) is 58.6 Å². The Hall–Kier alpha value is -1.97. The number of Topliss-reactive ketones (excluding diaryl/α,β-unsaturated/α-hetero) is 1. The number of nitrogens with zero attached hydrogens (tertiary/aromatic N) is 2. The maximum absolute atomic E-state index is 10.9. The zero-order valence-electron chi connectivity index (χ0n) is 9.10. The Morgan fingerprint density at radius 1 is 1.44 bits per heavy atom. The van der Waals surface area contributed by atoms with Crippen molar-refractivity contribution in [1.82, 2.24) is 15.0 Å². The molecule has 2 aromatic heterocycles. The Labute approximate surface area is 93.8 Å². The van der Waals surface area contributed by atoms with E-state index in [0.29, 0.717) is 18.7 Å². The lowest BCUT2D eigenvalue weighted by Gasteiger charge is -2.01. The highest BCUT2D eigenvalue weighted by Crippen LogP contribution is 2.13. The van der Waals surface area contributed by atoms with E-state index in [9.17, 15) is 4.79 Å². The molecule has 0 saturated heterocycles. The van der Waals surface area contributed by atoms with Crippen molar-refractivity contribution in [1.29, 1.82) is 0 Å². The summed E-state index contributed by atoms with van der Waals surface area (Å²) >= 11 is 0. The predicted molar refractivity (Wildman–Crippen MR) is 60.8 cm³/mol. The van der Waals surface area contributed by atoms with E-state index in [4.69, 9.17) is 0 Å². The molecule has 2 aromatic rings. The molecule has 0 spiro atoms. The van der Waals surface area contributed by atoms with Crippen molar-refractivity contribution in [3.8, 4) is 11.4 Å². The summed E-state index contributed by atoms with van der Waals surface area (Å²) in [5.74, 6) is 0.871. The second kappa shape index (κ2) is 4.70. The average molecular weight is 215 g/mol. The fraction of sp³-hybridized carbons (Fsp3) is 0.250. The summed E-state index contributed by atoms with van der Waals surface area (Å²) in [5, 5.41) is 0. The van der Waals surface area contributed by atoms with Gasteiger partial charge in [0, 0.05) is 25.2 Å². The van der Waals surface area contributed by atoms with E-state index in [2.05, 4.69) is 15.0 Å². The number of hydrogen-bond donors (Lipinski definition) is 1. The lowest BCUT2D eigenvalue weighted by molar-refractivity contribution is -0.117. The maximum Gasteiger partial charge on any atom is 0.130 e. The molecule has 0 amide bonds. The number of rotatable bonds is 4. The number of aryl methyl sites for hydroxylation is 1. The zero-order valence-corrected chi connectivity index (χ0v) is 9.10. The van der Waals surface area contributed by atoms with E-state index in [1.54, 1.807) is 13.1 Å². The van der Waals surface area contributed by atoms with Crippen LogP contribution < -0.4 is 0 Å². The minimum atomic E-state index is 0.161. The number of hydrogen-bond acceptors (Lipinski definition) is 3. The van der Waals surface area contributed by atoms with Crippen LogP contribution in [0.2, 0.25) is 0 Å². The van der Waals surface area contributed by atoms with Crippen LogP contribution in [0, 0.1) is 0 Å². The van der Waals surface area contributed by atoms with Crippen LogP contribution in [-0.4, -0.2) is 20.7 Å². The van der Waals surface area contributed by atoms with Crippen molar-refractivity contribution in [2.24, 2.45) is 0 Å². The summed E-state index contributed by atoms with van der Waals surface area (Å²) in [4.78, 5) is 22.5. The van der Waals surface area contributed by atoms with E-state index in [0.717, 1.165) is 11.4 Å². The van der Waals surface area contributed by atoms with Gasteiger partial charge < -0.3 is 9.78 Å². The lowest BCUT2D eigenvalue weighted by atomic mass is 10.2. The molecule has 0 bridgehead atoms. The van der Waals surface area contributed by atoms with Gasteiger partial charge in [0.15, 0.2) is 0 Å². The zero-order chi connectivity index (χ0) is 11.4. The molecule has 0 saturated carbocycles. The highest BCUT2D eigenvalue weighted by Gasteiger charge is 2.03. The van der Waals surface area contributed by atoms with E-state index < -0.39 is 0 Å². The second-order valence-electron chi connectivity index (χ2n) is 3.64. The van der Waals surface area contributed by atoms with E-state index in [1.807, 2.05) is 24.4 Å². The molecule has 2 rings (SSSR count). The molecule has 0 radical (unpaired) electrons. The van der Waals surface area contributed by atoms with Gasteiger partial charge in [-0.05, 0) is 25.1 Å². The summed E-state index contributed by atoms with van der Waals surface area (Å²) in [7, 11) is 0. The van der Waals surface area contributed by atoms with Crippen LogP contribution in [0.25, 0.3) is 11.4 Å². The van der Waals surface area contributed by atoms with E-state index in [-0.39, 0.29) is 5.78 Å². The molecule has 4 heteroatoms. The first kappa shape index (κ1) is 10.5. The van der Waals surface area contributed by atoms with Crippen LogP contribution in [0.3, 0.4) is 0 Å². The molecule has 0 aliphatic heterocycles. The summed E-state index contributed by atoms with van der Waals surface area (Å²) in [6.45, 7) is 1.58. The van der Waals surface area contributed by atoms with Crippen LogP contribution in [0.1, 0.15) is 19.2 Å². The summed E-state index contributed by atoms with van der Waals surface area (Å²) < 4.78 is 0. The Balaban J connectivity index is 2.17. The Bertz CT molecular complexity index is 477. The molecule has 0 aliphatic carbocycles. The first-order valence-corrected chi connectivity index (χ1v) is 5.21. The van der Waals surface area contributed by atoms with Gasteiger partial charge in [0.1, 0.15) is 11.6 Å².